The van der Waals surface area contributed by atoms with Crippen LogP contribution in [0.5, 0.6) is 0 Å². The number of hydrogen-bond donors (Lipinski definition) is 1. The van der Waals surface area contributed by atoms with Crippen LogP contribution in [-0.2, 0) is 4.74 Å². The predicted octanol–water partition coefficient (Wildman–Crippen LogP) is 2.25. The Morgan fingerprint density at radius 1 is 1.36 bits per heavy atom. The Morgan fingerprint density at radius 3 is 2.91 bits per heavy atom. The predicted molar refractivity (Wildman–Crippen MR) is 85.9 cm³/mol. The van der Waals surface area contributed by atoms with Gasteiger partial charge in [0.25, 0.3) is 5.91 Å². The lowest BCUT2D eigenvalue weighted by Gasteiger charge is -2.27. The SMILES string of the molecule is Cc1occc1C(=O)N/N=C/c1ccc(N2CCOCC2)s1. The normalized spacial score (nSPS) is 15.4. The molecule has 1 aliphatic rings. The number of anilines is 1. The fourth-order valence-corrected chi connectivity index (χ4v) is 3.13. The molecule has 0 atom stereocenters. The Morgan fingerprint density at radius 2 is 2.18 bits per heavy atom. The van der Waals surface area contributed by atoms with Gasteiger partial charge in [0.2, 0.25) is 0 Å². The molecule has 1 aliphatic heterocycles. The van der Waals surface area contributed by atoms with Crippen LogP contribution in [0.15, 0.2) is 34.0 Å². The van der Waals surface area contributed by atoms with E-state index in [0.29, 0.717) is 11.3 Å². The molecular formula is C15H17N3O3S. The fraction of sp³-hybridized carbons (Fsp3) is 0.333. The number of rotatable bonds is 4. The van der Waals surface area contributed by atoms with Crippen molar-refractivity contribution in [2.24, 2.45) is 5.10 Å². The van der Waals surface area contributed by atoms with Gasteiger partial charge >= 0.3 is 0 Å². The molecule has 22 heavy (non-hydrogen) atoms. The molecule has 3 rings (SSSR count). The Balaban J connectivity index is 1.58. The Kier molecular flexibility index (Phi) is 4.55. The molecule has 0 radical (unpaired) electrons. The first kappa shape index (κ1) is 14.8. The van der Waals surface area contributed by atoms with Crippen LogP contribution in [0.3, 0.4) is 0 Å². The monoisotopic (exact) mass is 319 g/mol. The van der Waals surface area contributed by atoms with Crippen molar-refractivity contribution in [1.29, 1.82) is 0 Å². The molecule has 0 spiro atoms. The van der Waals surface area contributed by atoms with Crippen molar-refractivity contribution in [3.8, 4) is 0 Å². The molecule has 1 N–H and O–H groups in total. The van der Waals surface area contributed by atoms with Crippen molar-refractivity contribution < 1.29 is 13.9 Å². The average molecular weight is 319 g/mol. The van der Waals surface area contributed by atoms with Gasteiger partial charge in [0, 0.05) is 18.0 Å². The van der Waals surface area contributed by atoms with Crippen molar-refractivity contribution in [3.05, 3.63) is 40.7 Å². The summed E-state index contributed by atoms with van der Waals surface area (Å²) in [5.74, 6) is 0.311. The van der Waals surface area contributed by atoms with Crippen molar-refractivity contribution in [2.45, 2.75) is 6.92 Å². The number of morpholine rings is 1. The first-order chi connectivity index (χ1) is 10.7. The van der Waals surface area contributed by atoms with Crippen molar-refractivity contribution in [1.82, 2.24) is 5.43 Å². The molecular weight excluding hydrogens is 302 g/mol. The standard InChI is InChI=1S/C15H17N3O3S/c1-11-13(4-7-21-11)15(19)17-16-10-12-2-3-14(22-12)18-5-8-20-9-6-18/h2-4,7,10H,5-6,8-9H2,1H3,(H,17,19)/b16-10+. The number of ether oxygens (including phenoxy) is 1. The molecule has 0 aromatic carbocycles. The third-order valence-corrected chi connectivity index (χ3v) is 4.48. The van der Waals surface area contributed by atoms with Crippen LogP contribution in [-0.4, -0.2) is 38.4 Å². The number of thiophene rings is 1. The number of furan rings is 1. The summed E-state index contributed by atoms with van der Waals surface area (Å²) in [6.07, 6.45) is 3.14. The van der Waals surface area contributed by atoms with Gasteiger partial charge in [-0.15, -0.1) is 11.3 Å². The van der Waals surface area contributed by atoms with Crippen LogP contribution in [0.2, 0.25) is 0 Å². The van der Waals surface area contributed by atoms with E-state index in [0.717, 1.165) is 31.2 Å². The lowest BCUT2D eigenvalue weighted by molar-refractivity contribution is 0.0953. The summed E-state index contributed by atoms with van der Waals surface area (Å²) in [6, 6.07) is 5.69. The third kappa shape index (κ3) is 3.37. The molecule has 3 heterocycles. The maximum atomic E-state index is 11.9. The van der Waals surface area contributed by atoms with Gasteiger partial charge in [-0.2, -0.15) is 5.10 Å². The van der Waals surface area contributed by atoms with E-state index in [9.17, 15) is 4.79 Å². The van der Waals surface area contributed by atoms with E-state index in [2.05, 4.69) is 21.5 Å². The second-order valence-electron chi connectivity index (χ2n) is 4.87. The Bertz CT molecular complexity index is 671. The number of amides is 1. The first-order valence-corrected chi connectivity index (χ1v) is 7.86. The minimum absolute atomic E-state index is 0.271. The molecule has 6 nitrogen and oxygen atoms in total. The number of hydrazone groups is 1. The highest BCUT2D eigenvalue weighted by Gasteiger charge is 2.13. The maximum Gasteiger partial charge on any atom is 0.274 e. The smallest absolute Gasteiger partial charge is 0.274 e. The molecule has 2 aromatic heterocycles. The zero-order valence-electron chi connectivity index (χ0n) is 12.2. The molecule has 0 aliphatic carbocycles. The largest absolute Gasteiger partial charge is 0.469 e. The Labute approximate surface area is 132 Å². The van der Waals surface area contributed by atoms with E-state index in [-0.39, 0.29) is 5.91 Å². The van der Waals surface area contributed by atoms with Gasteiger partial charge in [0.1, 0.15) is 5.76 Å². The zero-order chi connectivity index (χ0) is 15.4. The van der Waals surface area contributed by atoms with Crippen LogP contribution in [0.25, 0.3) is 0 Å². The van der Waals surface area contributed by atoms with E-state index in [1.165, 1.54) is 11.3 Å². The quantitative estimate of drug-likeness (QED) is 0.693. The minimum Gasteiger partial charge on any atom is -0.469 e. The van der Waals surface area contributed by atoms with Crippen molar-refractivity contribution in [3.63, 3.8) is 0 Å². The van der Waals surface area contributed by atoms with E-state index in [4.69, 9.17) is 9.15 Å². The molecule has 1 amide bonds. The van der Waals surface area contributed by atoms with Gasteiger partial charge in [-0.3, -0.25) is 4.79 Å². The van der Waals surface area contributed by atoms with Crippen LogP contribution < -0.4 is 10.3 Å². The minimum atomic E-state index is -0.271. The zero-order valence-corrected chi connectivity index (χ0v) is 13.1. The summed E-state index contributed by atoms with van der Waals surface area (Å²) in [5.41, 5.74) is 3.00. The second-order valence-corrected chi connectivity index (χ2v) is 5.96. The van der Waals surface area contributed by atoms with Crippen molar-refractivity contribution in [2.75, 3.05) is 31.2 Å². The third-order valence-electron chi connectivity index (χ3n) is 3.40. The first-order valence-electron chi connectivity index (χ1n) is 7.04. The number of aryl methyl sites for hydroxylation is 1. The summed E-state index contributed by atoms with van der Waals surface area (Å²) < 4.78 is 10.4. The van der Waals surface area contributed by atoms with Crippen LogP contribution in [0.4, 0.5) is 5.00 Å². The van der Waals surface area contributed by atoms with Crippen molar-refractivity contribution >= 4 is 28.5 Å². The van der Waals surface area contributed by atoms with Crippen LogP contribution in [0.1, 0.15) is 21.0 Å². The number of carbonyl (C=O) groups excluding carboxylic acids is 1. The van der Waals surface area contributed by atoms with E-state index in [1.54, 1.807) is 30.5 Å². The number of carbonyl (C=O) groups is 1. The topological polar surface area (TPSA) is 67.1 Å². The maximum absolute atomic E-state index is 11.9. The van der Waals surface area contributed by atoms with E-state index >= 15 is 0 Å². The van der Waals surface area contributed by atoms with Gasteiger partial charge in [-0.1, -0.05) is 0 Å². The summed E-state index contributed by atoms with van der Waals surface area (Å²) in [6.45, 7) is 5.09. The van der Waals surface area contributed by atoms with Crippen LogP contribution in [0, 0.1) is 6.92 Å². The number of nitrogens with one attached hydrogen (secondary N) is 1. The molecule has 116 valence electrons. The van der Waals surface area contributed by atoms with Gasteiger partial charge in [0.05, 0.1) is 36.3 Å². The van der Waals surface area contributed by atoms with Gasteiger partial charge in [-0.05, 0) is 25.1 Å². The van der Waals surface area contributed by atoms with E-state index < -0.39 is 0 Å². The molecule has 0 saturated carbocycles. The molecule has 1 saturated heterocycles. The number of hydrogen-bond acceptors (Lipinski definition) is 6. The highest BCUT2D eigenvalue weighted by molar-refractivity contribution is 7.17. The summed E-state index contributed by atoms with van der Waals surface area (Å²) in [4.78, 5) is 15.1. The second kappa shape index (κ2) is 6.76. The molecule has 0 bridgehead atoms. The molecule has 1 fully saturated rings. The van der Waals surface area contributed by atoms with Gasteiger partial charge < -0.3 is 14.1 Å². The van der Waals surface area contributed by atoms with Gasteiger partial charge in [-0.25, -0.2) is 5.43 Å². The lowest BCUT2D eigenvalue weighted by atomic mass is 10.2. The highest BCUT2D eigenvalue weighted by atomic mass is 32.1. The molecule has 2 aromatic rings. The molecule has 0 unspecified atom stereocenters. The number of nitrogens with zero attached hydrogens (tertiary/aromatic N) is 2. The Hall–Kier alpha value is -2.12. The van der Waals surface area contributed by atoms with Gasteiger partial charge in [0.15, 0.2) is 0 Å². The summed E-state index contributed by atoms with van der Waals surface area (Å²) >= 11 is 1.64. The summed E-state index contributed by atoms with van der Waals surface area (Å²) in [7, 11) is 0. The highest BCUT2D eigenvalue weighted by Crippen LogP contribution is 2.25. The molecule has 7 heteroatoms. The van der Waals surface area contributed by atoms with E-state index in [1.807, 2.05) is 6.07 Å². The fourth-order valence-electron chi connectivity index (χ4n) is 2.20. The lowest BCUT2D eigenvalue weighted by Crippen LogP contribution is -2.35. The summed E-state index contributed by atoms with van der Waals surface area (Å²) in [5, 5.41) is 5.19. The van der Waals surface area contributed by atoms with Crippen LogP contribution >= 0.6 is 11.3 Å². The average Bonchev–Trinajstić information content (AvgIpc) is 3.17.